The zero-order chi connectivity index (χ0) is 13.9. The number of hydrogen-bond acceptors (Lipinski definition) is 2. The third-order valence-electron chi connectivity index (χ3n) is 4.26. The molecule has 2 nitrogen and oxygen atoms in total. The van der Waals surface area contributed by atoms with E-state index in [0.717, 1.165) is 24.8 Å². The van der Waals surface area contributed by atoms with E-state index >= 15 is 0 Å². The third-order valence-corrected chi connectivity index (χ3v) is 4.87. The molecular formula is C15H21BrFNO. The smallest absolute Gasteiger partial charge is 0.137 e. The Morgan fingerprint density at radius 1 is 1.42 bits per heavy atom. The molecule has 19 heavy (non-hydrogen) atoms. The lowest BCUT2D eigenvalue weighted by Crippen LogP contribution is -2.50. The van der Waals surface area contributed by atoms with E-state index in [4.69, 9.17) is 4.74 Å². The number of methoxy groups -OCH3 is 1. The summed E-state index contributed by atoms with van der Waals surface area (Å²) in [5.74, 6) is -0.216. The Balaban J connectivity index is 2.16. The molecule has 0 aromatic heterocycles. The van der Waals surface area contributed by atoms with Gasteiger partial charge in [-0.15, -0.1) is 0 Å². The maximum Gasteiger partial charge on any atom is 0.137 e. The summed E-state index contributed by atoms with van der Waals surface area (Å²) in [4.78, 5) is 0. The van der Waals surface area contributed by atoms with Gasteiger partial charge in [0.2, 0.25) is 0 Å². The molecule has 1 aliphatic rings. The highest BCUT2D eigenvalue weighted by atomic mass is 79.9. The lowest BCUT2D eigenvalue weighted by molar-refractivity contribution is -0.0336. The predicted octanol–water partition coefficient (Wildman–Crippen LogP) is 3.68. The molecular weight excluding hydrogens is 309 g/mol. The molecule has 106 valence electrons. The summed E-state index contributed by atoms with van der Waals surface area (Å²) < 4.78 is 19.6. The molecule has 4 heteroatoms. The van der Waals surface area contributed by atoms with Crippen LogP contribution in [-0.2, 0) is 11.2 Å². The lowest BCUT2D eigenvalue weighted by Gasteiger charge is -2.36. The molecule has 0 saturated heterocycles. The third kappa shape index (κ3) is 3.18. The lowest BCUT2D eigenvalue weighted by atomic mass is 9.87. The molecule has 0 bridgehead atoms. The van der Waals surface area contributed by atoms with Gasteiger partial charge >= 0.3 is 0 Å². The summed E-state index contributed by atoms with van der Waals surface area (Å²) in [6, 6.07) is 5.48. The molecule has 2 rings (SSSR count). The van der Waals surface area contributed by atoms with E-state index in [1.54, 1.807) is 7.11 Å². The van der Waals surface area contributed by atoms with Crippen molar-refractivity contribution in [3.8, 4) is 0 Å². The predicted molar refractivity (Wildman–Crippen MR) is 78.9 cm³/mol. The van der Waals surface area contributed by atoms with Crippen molar-refractivity contribution < 1.29 is 9.13 Å². The number of nitrogens with one attached hydrogen (secondary N) is 1. The molecule has 1 aromatic rings. The van der Waals surface area contributed by atoms with Crippen molar-refractivity contribution in [3.63, 3.8) is 0 Å². The summed E-state index contributed by atoms with van der Waals surface area (Å²) in [7, 11) is 3.78. The number of likely N-dealkylation sites (N-methyl/N-ethyl adjacent to an activating group) is 1. The SMILES string of the molecule is CNC(Cc1ccc(F)c(Br)c1)C1(OC)CCCC1. The number of rotatable bonds is 5. The van der Waals surface area contributed by atoms with Crippen LogP contribution in [0.4, 0.5) is 4.39 Å². The Bertz CT molecular complexity index is 432. The van der Waals surface area contributed by atoms with Crippen molar-refractivity contribution in [2.75, 3.05) is 14.2 Å². The monoisotopic (exact) mass is 329 g/mol. The Morgan fingerprint density at radius 3 is 2.63 bits per heavy atom. The minimum absolute atomic E-state index is 0.0738. The Hall–Kier alpha value is -0.450. The van der Waals surface area contributed by atoms with Crippen molar-refractivity contribution in [1.82, 2.24) is 5.32 Å². The van der Waals surface area contributed by atoms with Crippen LogP contribution in [-0.4, -0.2) is 25.8 Å². The number of benzene rings is 1. The maximum atomic E-state index is 13.3. The fraction of sp³-hybridized carbons (Fsp3) is 0.600. The van der Waals surface area contributed by atoms with Gasteiger partial charge in [0.25, 0.3) is 0 Å². The first-order chi connectivity index (χ1) is 9.11. The second-order valence-corrected chi connectivity index (χ2v) is 6.12. The molecule has 1 unspecified atom stereocenters. The van der Waals surface area contributed by atoms with Crippen molar-refractivity contribution in [2.45, 2.75) is 43.7 Å². The Labute approximate surface area is 122 Å². The number of hydrogen-bond donors (Lipinski definition) is 1. The molecule has 0 spiro atoms. The second kappa shape index (κ2) is 6.33. The fourth-order valence-electron chi connectivity index (χ4n) is 3.12. The van der Waals surface area contributed by atoms with Crippen LogP contribution in [0.2, 0.25) is 0 Å². The maximum absolute atomic E-state index is 13.3. The van der Waals surface area contributed by atoms with Crippen LogP contribution in [0.1, 0.15) is 31.2 Å². The molecule has 1 aliphatic carbocycles. The average molecular weight is 330 g/mol. The largest absolute Gasteiger partial charge is 0.377 e. The average Bonchev–Trinajstić information content (AvgIpc) is 2.90. The summed E-state index contributed by atoms with van der Waals surface area (Å²) in [5, 5.41) is 3.38. The van der Waals surface area contributed by atoms with Gasteiger partial charge in [-0.1, -0.05) is 18.9 Å². The zero-order valence-electron chi connectivity index (χ0n) is 11.5. The van der Waals surface area contributed by atoms with Crippen molar-refractivity contribution in [1.29, 1.82) is 0 Å². The minimum atomic E-state index is -0.216. The van der Waals surface area contributed by atoms with Crippen LogP contribution < -0.4 is 5.32 Å². The van der Waals surface area contributed by atoms with Crippen molar-refractivity contribution in [3.05, 3.63) is 34.1 Å². The van der Waals surface area contributed by atoms with Crippen molar-refractivity contribution >= 4 is 15.9 Å². The van der Waals surface area contributed by atoms with Gasteiger partial charge in [0.1, 0.15) is 5.82 Å². The van der Waals surface area contributed by atoms with Gasteiger partial charge in [-0.2, -0.15) is 0 Å². The van der Waals surface area contributed by atoms with Gasteiger partial charge in [-0.25, -0.2) is 4.39 Å². The van der Waals surface area contributed by atoms with Crippen LogP contribution in [0.25, 0.3) is 0 Å². The molecule has 0 heterocycles. The highest BCUT2D eigenvalue weighted by Gasteiger charge is 2.40. The standard InChI is InChI=1S/C15H21BrFNO/c1-18-14(15(19-2)7-3-4-8-15)10-11-5-6-13(17)12(16)9-11/h5-6,9,14,18H,3-4,7-8,10H2,1-2H3. The highest BCUT2D eigenvalue weighted by Crippen LogP contribution is 2.37. The van der Waals surface area contributed by atoms with E-state index in [1.165, 1.54) is 18.9 Å². The van der Waals surface area contributed by atoms with Crippen LogP contribution in [0.15, 0.2) is 22.7 Å². The first-order valence-corrected chi connectivity index (χ1v) is 7.57. The zero-order valence-corrected chi connectivity index (χ0v) is 13.1. The van der Waals surface area contributed by atoms with Crippen LogP contribution in [0.3, 0.4) is 0 Å². The normalized spacial score (nSPS) is 19.6. The topological polar surface area (TPSA) is 21.3 Å². The quantitative estimate of drug-likeness (QED) is 0.889. The van der Waals surface area contributed by atoms with E-state index in [-0.39, 0.29) is 17.5 Å². The molecule has 1 atom stereocenters. The highest BCUT2D eigenvalue weighted by molar-refractivity contribution is 9.10. The summed E-state index contributed by atoms with van der Waals surface area (Å²) >= 11 is 3.25. The second-order valence-electron chi connectivity index (χ2n) is 5.27. The van der Waals surface area contributed by atoms with Gasteiger partial charge < -0.3 is 10.1 Å². The molecule has 1 fully saturated rings. The van der Waals surface area contributed by atoms with E-state index in [9.17, 15) is 4.39 Å². The van der Waals surface area contributed by atoms with Crippen molar-refractivity contribution in [2.24, 2.45) is 0 Å². The van der Waals surface area contributed by atoms with E-state index < -0.39 is 0 Å². The minimum Gasteiger partial charge on any atom is -0.377 e. The molecule has 1 aromatic carbocycles. The van der Waals surface area contributed by atoms with Gasteiger partial charge in [0.05, 0.1) is 10.1 Å². The summed E-state index contributed by atoms with van der Waals surface area (Å²) in [6.45, 7) is 0. The Kier molecular flexibility index (Phi) is 4.98. The fourth-order valence-corrected chi connectivity index (χ4v) is 3.55. The van der Waals surface area contributed by atoms with Gasteiger partial charge in [0, 0.05) is 13.2 Å². The van der Waals surface area contributed by atoms with E-state index in [2.05, 4.69) is 21.2 Å². The first-order valence-electron chi connectivity index (χ1n) is 6.77. The number of ether oxygens (including phenoxy) is 1. The number of halogens is 2. The summed E-state index contributed by atoms with van der Waals surface area (Å²) in [5.41, 5.74) is 1.05. The summed E-state index contributed by atoms with van der Waals surface area (Å²) in [6.07, 6.45) is 5.48. The van der Waals surface area contributed by atoms with Gasteiger partial charge in [0.15, 0.2) is 0 Å². The van der Waals surface area contributed by atoms with Crippen LogP contribution in [0.5, 0.6) is 0 Å². The van der Waals surface area contributed by atoms with Crippen LogP contribution in [0, 0.1) is 5.82 Å². The molecule has 0 radical (unpaired) electrons. The van der Waals surface area contributed by atoms with Crippen LogP contribution >= 0.6 is 15.9 Å². The first kappa shape index (κ1) is 14.9. The van der Waals surface area contributed by atoms with Gasteiger partial charge in [-0.05, 0) is 59.9 Å². The molecule has 0 aliphatic heterocycles. The van der Waals surface area contributed by atoms with E-state index in [1.807, 2.05) is 19.2 Å². The molecule has 1 N–H and O–H groups in total. The van der Waals surface area contributed by atoms with Gasteiger partial charge in [-0.3, -0.25) is 0 Å². The van der Waals surface area contributed by atoms with E-state index in [0.29, 0.717) is 4.47 Å². The molecule has 1 saturated carbocycles. The molecule has 0 amide bonds. The Morgan fingerprint density at radius 2 is 2.11 bits per heavy atom.